The molecular weight excluding hydrogens is 334 g/mol. The van der Waals surface area contributed by atoms with Crippen molar-refractivity contribution in [3.63, 3.8) is 0 Å². The fraction of sp³-hybridized carbons (Fsp3) is 0.211. The summed E-state index contributed by atoms with van der Waals surface area (Å²) in [6, 6.07) is 15.2. The van der Waals surface area contributed by atoms with E-state index in [2.05, 4.69) is 46.7 Å². The quantitative estimate of drug-likeness (QED) is 0.641. The van der Waals surface area contributed by atoms with Gasteiger partial charge in [0.25, 0.3) is 0 Å². The van der Waals surface area contributed by atoms with Gasteiger partial charge in [0.1, 0.15) is 5.75 Å². The average Bonchev–Trinajstić information content (AvgIpc) is 2.97. The van der Waals surface area contributed by atoms with Gasteiger partial charge in [0.05, 0.1) is 11.5 Å². The number of carbonyl (C=O) groups is 1. The topological polar surface area (TPSA) is 74.1 Å². The van der Waals surface area contributed by atoms with Crippen LogP contribution < -0.4 is 5.32 Å². The molecule has 1 aliphatic heterocycles. The molecule has 5 nitrogen and oxygen atoms in total. The molecule has 1 amide bonds. The Morgan fingerprint density at radius 2 is 1.88 bits per heavy atom. The van der Waals surface area contributed by atoms with E-state index in [-0.39, 0.29) is 16.9 Å². The molecule has 0 spiro atoms. The van der Waals surface area contributed by atoms with Crippen LogP contribution in [0.4, 0.5) is 0 Å². The van der Waals surface area contributed by atoms with Crippen LogP contribution in [0.2, 0.25) is 0 Å². The maximum absolute atomic E-state index is 12.1. The summed E-state index contributed by atoms with van der Waals surface area (Å²) in [7, 11) is 0. The highest BCUT2D eigenvalue weighted by atomic mass is 32.2. The Hall–Kier alpha value is -2.60. The predicted molar refractivity (Wildman–Crippen MR) is 102 cm³/mol. The summed E-state index contributed by atoms with van der Waals surface area (Å²) in [6.45, 7) is 2.12. The minimum atomic E-state index is -0.202. The van der Waals surface area contributed by atoms with Crippen molar-refractivity contribution in [3.8, 4) is 5.75 Å². The molecular formula is C19H19N3O2S. The van der Waals surface area contributed by atoms with Crippen molar-refractivity contribution in [2.75, 3.05) is 0 Å². The Kier molecular flexibility index (Phi) is 5.50. The van der Waals surface area contributed by atoms with Crippen LogP contribution in [0.3, 0.4) is 0 Å². The number of phenolic OH excluding ortho intramolecular Hbond substituents is 1. The maximum Gasteiger partial charge on any atom is 0.239 e. The monoisotopic (exact) mass is 353 g/mol. The molecule has 2 N–H and O–H groups in total. The van der Waals surface area contributed by atoms with E-state index in [1.807, 2.05) is 0 Å². The molecule has 2 aromatic rings. The number of thioether (sulfide) groups is 1. The molecule has 1 aliphatic rings. The van der Waals surface area contributed by atoms with Crippen molar-refractivity contribution in [2.45, 2.75) is 25.0 Å². The summed E-state index contributed by atoms with van der Waals surface area (Å²) in [4.78, 5) is 12.1. The number of para-hydroxylation sites is 1. The highest BCUT2D eigenvalue weighted by molar-refractivity contribution is 8.15. The summed E-state index contributed by atoms with van der Waals surface area (Å²) in [5.74, 6) is 0.0871. The van der Waals surface area contributed by atoms with Crippen LogP contribution in [-0.4, -0.2) is 27.6 Å². The summed E-state index contributed by atoms with van der Waals surface area (Å²) < 4.78 is 0. The molecule has 1 fully saturated rings. The number of hydrogen-bond donors (Lipinski definition) is 2. The molecule has 1 heterocycles. The number of carbonyl (C=O) groups excluding carboxylic acids is 1. The van der Waals surface area contributed by atoms with Crippen molar-refractivity contribution in [3.05, 3.63) is 65.2 Å². The summed E-state index contributed by atoms with van der Waals surface area (Å²) in [6.07, 6.45) is 3.12. The van der Waals surface area contributed by atoms with Crippen LogP contribution in [0.25, 0.3) is 0 Å². The molecule has 128 valence electrons. The van der Waals surface area contributed by atoms with Crippen LogP contribution in [0.5, 0.6) is 5.75 Å². The van der Waals surface area contributed by atoms with Gasteiger partial charge in [0, 0.05) is 5.56 Å². The molecule has 1 atom stereocenters. The lowest BCUT2D eigenvalue weighted by Crippen LogP contribution is -2.25. The molecule has 3 rings (SSSR count). The van der Waals surface area contributed by atoms with E-state index in [1.54, 1.807) is 24.3 Å². The Morgan fingerprint density at radius 1 is 1.16 bits per heavy atom. The highest BCUT2D eigenvalue weighted by Gasteiger charge is 2.30. The largest absolute Gasteiger partial charge is 0.507 e. The van der Waals surface area contributed by atoms with Gasteiger partial charge in [-0.2, -0.15) is 5.10 Å². The zero-order valence-corrected chi connectivity index (χ0v) is 14.7. The van der Waals surface area contributed by atoms with Gasteiger partial charge in [-0.25, -0.2) is 0 Å². The normalized spacial score (nSPS) is 18.8. The summed E-state index contributed by atoms with van der Waals surface area (Å²) >= 11 is 1.38. The first kappa shape index (κ1) is 17.2. The van der Waals surface area contributed by atoms with E-state index in [0.717, 1.165) is 12.0 Å². The second-order valence-electron chi connectivity index (χ2n) is 5.68. The van der Waals surface area contributed by atoms with Gasteiger partial charge in [-0.15, -0.1) is 5.10 Å². The predicted octanol–water partition coefficient (Wildman–Crippen LogP) is 3.12. The first-order valence-corrected chi connectivity index (χ1v) is 8.98. The summed E-state index contributed by atoms with van der Waals surface area (Å²) in [5.41, 5.74) is 2.99. The molecule has 25 heavy (non-hydrogen) atoms. The van der Waals surface area contributed by atoms with E-state index in [9.17, 15) is 9.90 Å². The number of amides is 1. The molecule has 1 saturated heterocycles. The molecule has 0 aromatic heterocycles. The number of nitrogens with zero attached hydrogens (tertiary/aromatic N) is 2. The number of phenols is 1. The van der Waals surface area contributed by atoms with Crippen LogP contribution in [-0.2, 0) is 17.6 Å². The molecule has 0 aliphatic carbocycles. The lowest BCUT2D eigenvalue weighted by atomic mass is 10.1. The van der Waals surface area contributed by atoms with Gasteiger partial charge in [-0.05, 0) is 36.1 Å². The van der Waals surface area contributed by atoms with E-state index in [1.165, 1.54) is 23.5 Å². The van der Waals surface area contributed by atoms with Gasteiger partial charge in [0.2, 0.25) is 5.91 Å². The zero-order chi connectivity index (χ0) is 17.6. The third kappa shape index (κ3) is 4.48. The van der Waals surface area contributed by atoms with Crippen molar-refractivity contribution < 1.29 is 9.90 Å². The SMILES string of the molecule is CCc1ccc(C[C@@H]2S/C(=N\N=C/c3ccccc3O)NC2=O)cc1. The Bertz CT molecular complexity index is 816. The number of nitrogens with one attached hydrogen (secondary N) is 1. The van der Waals surface area contributed by atoms with Crippen LogP contribution >= 0.6 is 11.8 Å². The molecule has 0 radical (unpaired) electrons. The number of aromatic hydroxyl groups is 1. The van der Waals surface area contributed by atoms with Crippen molar-refractivity contribution in [2.24, 2.45) is 10.2 Å². The number of benzene rings is 2. The fourth-order valence-corrected chi connectivity index (χ4v) is 3.42. The van der Waals surface area contributed by atoms with Gasteiger partial charge >= 0.3 is 0 Å². The lowest BCUT2D eigenvalue weighted by Gasteiger charge is -2.06. The Morgan fingerprint density at radius 3 is 2.60 bits per heavy atom. The number of aryl methyl sites for hydroxylation is 1. The molecule has 0 bridgehead atoms. The van der Waals surface area contributed by atoms with Gasteiger partial charge in [-0.1, -0.05) is 55.1 Å². The maximum atomic E-state index is 12.1. The smallest absolute Gasteiger partial charge is 0.239 e. The first-order chi connectivity index (χ1) is 12.2. The van der Waals surface area contributed by atoms with Crippen molar-refractivity contribution in [1.29, 1.82) is 0 Å². The van der Waals surface area contributed by atoms with E-state index < -0.39 is 0 Å². The standard InChI is InChI=1S/C19H19N3O2S/c1-2-13-7-9-14(10-8-13)11-17-18(24)21-19(25-17)22-20-12-15-5-3-4-6-16(15)23/h3-10,12,17,23H,2,11H2,1H3,(H,21,22,24)/b20-12-/t17-/m0/s1. The van der Waals surface area contributed by atoms with Crippen LogP contribution in [0.1, 0.15) is 23.6 Å². The third-order valence-corrected chi connectivity index (χ3v) is 4.98. The van der Waals surface area contributed by atoms with E-state index in [4.69, 9.17) is 0 Å². The molecule has 0 saturated carbocycles. The van der Waals surface area contributed by atoms with E-state index in [0.29, 0.717) is 17.2 Å². The second-order valence-corrected chi connectivity index (χ2v) is 6.87. The first-order valence-electron chi connectivity index (χ1n) is 8.10. The number of hydrogen-bond acceptors (Lipinski definition) is 5. The highest BCUT2D eigenvalue weighted by Crippen LogP contribution is 2.23. The lowest BCUT2D eigenvalue weighted by molar-refractivity contribution is -0.118. The molecule has 0 unspecified atom stereocenters. The fourth-order valence-electron chi connectivity index (χ4n) is 2.45. The minimum Gasteiger partial charge on any atom is -0.507 e. The van der Waals surface area contributed by atoms with Crippen LogP contribution in [0, 0.1) is 0 Å². The Labute approximate surface area is 150 Å². The zero-order valence-electron chi connectivity index (χ0n) is 13.8. The van der Waals surface area contributed by atoms with Gasteiger partial charge in [-0.3, -0.25) is 4.79 Å². The van der Waals surface area contributed by atoms with Gasteiger partial charge in [0.15, 0.2) is 5.17 Å². The van der Waals surface area contributed by atoms with Crippen LogP contribution in [0.15, 0.2) is 58.7 Å². The minimum absolute atomic E-state index is 0.0546. The third-order valence-electron chi connectivity index (χ3n) is 3.91. The Balaban J connectivity index is 1.62. The average molecular weight is 353 g/mol. The second kappa shape index (κ2) is 7.98. The number of amidine groups is 1. The van der Waals surface area contributed by atoms with Crippen molar-refractivity contribution in [1.82, 2.24) is 5.32 Å². The van der Waals surface area contributed by atoms with Crippen molar-refractivity contribution >= 4 is 29.1 Å². The van der Waals surface area contributed by atoms with Gasteiger partial charge < -0.3 is 10.4 Å². The molecule has 2 aromatic carbocycles. The number of rotatable bonds is 5. The summed E-state index contributed by atoms with van der Waals surface area (Å²) in [5, 5.41) is 20.7. The van der Waals surface area contributed by atoms with E-state index >= 15 is 0 Å². The molecule has 6 heteroatoms.